The maximum Gasteiger partial charge on any atom is 0.0417 e. The van der Waals surface area contributed by atoms with E-state index in [0.29, 0.717) is 0 Å². The summed E-state index contributed by atoms with van der Waals surface area (Å²) in [6, 6.07) is 5.74. The molecule has 12 heavy (non-hydrogen) atoms. The van der Waals surface area contributed by atoms with Crippen molar-refractivity contribution in [1.82, 2.24) is 0 Å². The fourth-order valence-corrected chi connectivity index (χ4v) is 1.81. The average Bonchev–Trinajstić information content (AvgIpc) is 2.03. The van der Waals surface area contributed by atoms with Crippen LogP contribution in [0.1, 0.15) is 5.56 Å². The molecule has 0 radical (unpaired) electrons. The fraction of sp³-hybridized carbons (Fsp3) is 0.111. The molecule has 0 bridgehead atoms. The molecular weight excluding hydrogens is 303 g/mol. The van der Waals surface area contributed by atoms with E-state index >= 15 is 0 Å². The lowest BCUT2D eigenvalue weighted by Gasteiger charge is -1.97. The van der Waals surface area contributed by atoms with Crippen LogP contribution in [0.5, 0.6) is 0 Å². The molecule has 0 aromatic heterocycles. The SMILES string of the molecule is Clc1ccc(/C=C/CBr)c(Br)c1. The van der Waals surface area contributed by atoms with E-state index in [1.165, 1.54) is 0 Å². The Hall–Kier alpha value is 0.210. The summed E-state index contributed by atoms with van der Waals surface area (Å²) in [5.74, 6) is 0. The second kappa shape index (κ2) is 5.05. The lowest BCUT2D eigenvalue weighted by molar-refractivity contribution is 1.59. The third kappa shape index (κ3) is 2.92. The van der Waals surface area contributed by atoms with Crippen LogP contribution in [0.3, 0.4) is 0 Å². The van der Waals surface area contributed by atoms with Gasteiger partial charge in [-0.15, -0.1) is 0 Å². The molecule has 0 aliphatic heterocycles. The van der Waals surface area contributed by atoms with Crippen LogP contribution in [0, 0.1) is 0 Å². The van der Waals surface area contributed by atoms with Gasteiger partial charge in [0.05, 0.1) is 0 Å². The van der Waals surface area contributed by atoms with E-state index in [9.17, 15) is 0 Å². The highest BCUT2D eigenvalue weighted by atomic mass is 79.9. The molecule has 1 rings (SSSR count). The number of hydrogen-bond donors (Lipinski definition) is 0. The first-order valence-electron chi connectivity index (χ1n) is 3.41. The summed E-state index contributed by atoms with van der Waals surface area (Å²) in [5.41, 5.74) is 1.14. The largest absolute Gasteiger partial charge is 0.0883 e. The Labute approximate surface area is 93.9 Å². The van der Waals surface area contributed by atoms with Crippen LogP contribution in [0.4, 0.5) is 0 Å². The molecule has 1 aromatic rings. The molecule has 0 heterocycles. The highest BCUT2D eigenvalue weighted by Gasteiger charge is 1.95. The highest BCUT2D eigenvalue weighted by Crippen LogP contribution is 2.22. The Balaban J connectivity index is 2.94. The van der Waals surface area contributed by atoms with Crippen molar-refractivity contribution in [3.63, 3.8) is 0 Å². The van der Waals surface area contributed by atoms with Crippen molar-refractivity contribution >= 4 is 49.5 Å². The molecule has 0 spiro atoms. The molecule has 64 valence electrons. The van der Waals surface area contributed by atoms with Gasteiger partial charge in [-0.2, -0.15) is 0 Å². The summed E-state index contributed by atoms with van der Waals surface area (Å²) in [4.78, 5) is 0. The summed E-state index contributed by atoms with van der Waals surface area (Å²) in [7, 11) is 0. The molecule has 1 aromatic carbocycles. The lowest BCUT2D eigenvalue weighted by Crippen LogP contribution is -1.75. The van der Waals surface area contributed by atoms with E-state index in [0.717, 1.165) is 20.4 Å². The second-order valence-corrected chi connectivity index (χ2v) is 4.16. The normalized spacial score (nSPS) is 10.9. The Kier molecular flexibility index (Phi) is 4.33. The molecule has 0 atom stereocenters. The standard InChI is InChI=1S/C9H7Br2Cl/c10-5-1-2-7-3-4-8(12)6-9(7)11/h1-4,6H,5H2/b2-1+. The molecule has 0 aliphatic carbocycles. The number of alkyl halides is 1. The molecule has 0 N–H and O–H groups in total. The van der Waals surface area contributed by atoms with Crippen molar-refractivity contribution in [1.29, 1.82) is 0 Å². The van der Waals surface area contributed by atoms with Gasteiger partial charge >= 0.3 is 0 Å². The molecular formula is C9H7Br2Cl. The molecule has 0 saturated heterocycles. The number of halogens is 3. The van der Waals surface area contributed by atoms with Gasteiger partial charge in [0.25, 0.3) is 0 Å². The van der Waals surface area contributed by atoms with Gasteiger partial charge in [-0.1, -0.05) is 61.7 Å². The zero-order valence-corrected chi connectivity index (χ0v) is 10.2. The Morgan fingerprint density at radius 2 is 2.17 bits per heavy atom. The Morgan fingerprint density at radius 3 is 2.75 bits per heavy atom. The molecule has 0 amide bonds. The molecule has 0 aliphatic rings. The van der Waals surface area contributed by atoms with E-state index in [1.807, 2.05) is 30.4 Å². The summed E-state index contributed by atoms with van der Waals surface area (Å²) in [6.07, 6.45) is 4.07. The van der Waals surface area contributed by atoms with Crippen LogP contribution in [-0.2, 0) is 0 Å². The smallest absolute Gasteiger partial charge is 0.0417 e. The predicted molar refractivity (Wildman–Crippen MR) is 62.0 cm³/mol. The van der Waals surface area contributed by atoms with Gasteiger partial charge < -0.3 is 0 Å². The van der Waals surface area contributed by atoms with Crippen LogP contribution in [-0.4, -0.2) is 5.33 Å². The minimum Gasteiger partial charge on any atom is -0.0883 e. The van der Waals surface area contributed by atoms with Gasteiger partial charge in [0.1, 0.15) is 0 Å². The molecule has 0 unspecified atom stereocenters. The van der Waals surface area contributed by atoms with Gasteiger partial charge in [0, 0.05) is 14.8 Å². The lowest BCUT2D eigenvalue weighted by atomic mass is 10.2. The summed E-state index contributed by atoms with van der Waals surface area (Å²) in [5, 5.41) is 1.61. The minimum atomic E-state index is 0.748. The monoisotopic (exact) mass is 308 g/mol. The van der Waals surface area contributed by atoms with E-state index in [-0.39, 0.29) is 0 Å². The first kappa shape index (κ1) is 10.3. The van der Waals surface area contributed by atoms with Crippen LogP contribution >= 0.6 is 43.5 Å². The first-order valence-corrected chi connectivity index (χ1v) is 5.71. The third-order valence-electron chi connectivity index (χ3n) is 1.35. The van der Waals surface area contributed by atoms with Crippen LogP contribution < -0.4 is 0 Å². The Bertz CT molecular complexity index is 295. The van der Waals surface area contributed by atoms with Gasteiger partial charge in [0.15, 0.2) is 0 Å². The second-order valence-electron chi connectivity index (χ2n) is 2.22. The number of benzene rings is 1. The van der Waals surface area contributed by atoms with Crippen molar-refractivity contribution in [2.75, 3.05) is 5.33 Å². The molecule has 0 saturated carbocycles. The van der Waals surface area contributed by atoms with Crippen molar-refractivity contribution in [2.45, 2.75) is 0 Å². The zero-order valence-electron chi connectivity index (χ0n) is 6.23. The van der Waals surface area contributed by atoms with Crippen LogP contribution in [0.15, 0.2) is 28.7 Å². The average molecular weight is 310 g/mol. The molecule has 0 fully saturated rings. The quantitative estimate of drug-likeness (QED) is 0.705. The predicted octanol–water partition coefficient (Wildman–Crippen LogP) is 4.51. The van der Waals surface area contributed by atoms with Gasteiger partial charge in [-0.05, 0) is 17.7 Å². The third-order valence-corrected chi connectivity index (χ3v) is 2.64. The molecule has 0 nitrogen and oxygen atoms in total. The number of allylic oxidation sites excluding steroid dienone is 1. The highest BCUT2D eigenvalue weighted by molar-refractivity contribution is 9.10. The number of rotatable bonds is 2. The summed E-state index contributed by atoms with van der Waals surface area (Å²) >= 11 is 12.5. The van der Waals surface area contributed by atoms with Crippen molar-refractivity contribution in [3.8, 4) is 0 Å². The Morgan fingerprint density at radius 1 is 1.42 bits per heavy atom. The molecule has 3 heteroatoms. The van der Waals surface area contributed by atoms with Gasteiger partial charge in [-0.3, -0.25) is 0 Å². The van der Waals surface area contributed by atoms with Crippen molar-refractivity contribution < 1.29 is 0 Å². The van der Waals surface area contributed by atoms with Gasteiger partial charge in [0.2, 0.25) is 0 Å². The summed E-state index contributed by atoms with van der Waals surface area (Å²) in [6.45, 7) is 0. The minimum absolute atomic E-state index is 0.748. The van der Waals surface area contributed by atoms with Crippen molar-refractivity contribution in [3.05, 3.63) is 39.3 Å². The van der Waals surface area contributed by atoms with E-state index < -0.39 is 0 Å². The van der Waals surface area contributed by atoms with E-state index in [1.54, 1.807) is 0 Å². The number of hydrogen-bond acceptors (Lipinski definition) is 0. The van der Waals surface area contributed by atoms with E-state index in [4.69, 9.17) is 11.6 Å². The topological polar surface area (TPSA) is 0 Å². The van der Waals surface area contributed by atoms with Crippen LogP contribution in [0.2, 0.25) is 5.02 Å². The van der Waals surface area contributed by atoms with Crippen molar-refractivity contribution in [2.24, 2.45) is 0 Å². The van der Waals surface area contributed by atoms with Crippen LogP contribution in [0.25, 0.3) is 6.08 Å². The maximum absolute atomic E-state index is 5.79. The summed E-state index contributed by atoms with van der Waals surface area (Å²) < 4.78 is 1.02. The maximum atomic E-state index is 5.79. The van der Waals surface area contributed by atoms with E-state index in [2.05, 4.69) is 31.9 Å². The first-order chi connectivity index (χ1) is 5.74. The fourth-order valence-electron chi connectivity index (χ4n) is 0.808. The zero-order chi connectivity index (χ0) is 8.97. The van der Waals surface area contributed by atoms with Gasteiger partial charge in [-0.25, -0.2) is 0 Å².